The normalized spacial score (nSPS) is 10.4. The lowest BCUT2D eigenvalue weighted by Gasteiger charge is -1.90. The van der Waals surface area contributed by atoms with Crippen LogP contribution in [0.5, 0.6) is 0 Å². The minimum absolute atomic E-state index is 0.343. The number of aromatic nitrogens is 1. The summed E-state index contributed by atoms with van der Waals surface area (Å²) in [6, 6.07) is 5.21. The summed E-state index contributed by atoms with van der Waals surface area (Å²) in [6.45, 7) is 0. The second-order valence-electron chi connectivity index (χ2n) is 2.62. The number of hydrogen-bond donors (Lipinski definition) is 0. The molecular formula is C9H6ClNO2S. The maximum absolute atomic E-state index is 11.2. The number of rotatable bonds is 1. The minimum Gasteiger partial charge on any atom is -0.465 e. The van der Waals surface area contributed by atoms with Crippen molar-refractivity contribution in [3.05, 3.63) is 28.2 Å². The smallest absolute Gasteiger partial charge is 0.348 e. The van der Waals surface area contributed by atoms with E-state index in [0.717, 1.165) is 10.2 Å². The third-order valence-corrected chi connectivity index (χ3v) is 3.01. The van der Waals surface area contributed by atoms with Crippen LogP contribution >= 0.6 is 22.9 Å². The molecule has 0 fully saturated rings. The molecule has 0 aliphatic carbocycles. The second-order valence-corrected chi connectivity index (χ2v) is 4.09. The molecule has 0 aliphatic rings. The lowest BCUT2D eigenvalue weighted by Crippen LogP contribution is -1.96. The molecule has 0 unspecified atom stereocenters. The van der Waals surface area contributed by atoms with Gasteiger partial charge in [0.25, 0.3) is 0 Å². The van der Waals surface area contributed by atoms with E-state index in [-0.39, 0.29) is 5.97 Å². The fourth-order valence-electron chi connectivity index (χ4n) is 1.10. The van der Waals surface area contributed by atoms with Gasteiger partial charge in [0.15, 0.2) is 0 Å². The van der Waals surface area contributed by atoms with Crippen molar-refractivity contribution in [2.24, 2.45) is 0 Å². The summed E-state index contributed by atoms with van der Waals surface area (Å²) in [6.07, 6.45) is 0. The molecule has 2 aromatic rings. The summed E-state index contributed by atoms with van der Waals surface area (Å²) >= 11 is 7.06. The van der Waals surface area contributed by atoms with Gasteiger partial charge in [0.1, 0.15) is 10.0 Å². The zero-order valence-electron chi connectivity index (χ0n) is 7.28. The van der Waals surface area contributed by atoms with Crippen molar-refractivity contribution in [3.63, 3.8) is 0 Å². The first-order valence-electron chi connectivity index (χ1n) is 3.85. The molecule has 2 aromatic heterocycles. The van der Waals surface area contributed by atoms with Gasteiger partial charge in [-0.25, -0.2) is 9.78 Å². The topological polar surface area (TPSA) is 39.2 Å². The van der Waals surface area contributed by atoms with E-state index in [1.54, 1.807) is 12.1 Å². The molecule has 0 N–H and O–H groups in total. The zero-order chi connectivity index (χ0) is 10.1. The lowest BCUT2D eigenvalue weighted by molar-refractivity contribution is 0.0606. The number of thiophene rings is 1. The molecule has 0 aliphatic heterocycles. The van der Waals surface area contributed by atoms with Gasteiger partial charge in [-0.3, -0.25) is 0 Å². The summed E-state index contributed by atoms with van der Waals surface area (Å²) in [4.78, 5) is 15.8. The minimum atomic E-state index is -0.343. The second kappa shape index (κ2) is 3.55. The Labute approximate surface area is 89.3 Å². The van der Waals surface area contributed by atoms with Gasteiger partial charge in [0.2, 0.25) is 0 Å². The van der Waals surface area contributed by atoms with Gasteiger partial charge in [-0.15, -0.1) is 11.3 Å². The van der Waals surface area contributed by atoms with Gasteiger partial charge in [-0.2, -0.15) is 0 Å². The maximum Gasteiger partial charge on any atom is 0.348 e. The van der Waals surface area contributed by atoms with Crippen LogP contribution in [0.2, 0.25) is 5.15 Å². The summed E-state index contributed by atoms with van der Waals surface area (Å²) in [5, 5.41) is 0.423. The van der Waals surface area contributed by atoms with Crippen molar-refractivity contribution < 1.29 is 9.53 Å². The quantitative estimate of drug-likeness (QED) is 0.556. The van der Waals surface area contributed by atoms with E-state index < -0.39 is 0 Å². The van der Waals surface area contributed by atoms with Crippen LogP contribution in [0.3, 0.4) is 0 Å². The first kappa shape index (κ1) is 9.43. The van der Waals surface area contributed by atoms with Crippen molar-refractivity contribution in [3.8, 4) is 0 Å². The Morgan fingerprint density at radius 2 is 2.36 bits per heavy atom. The van der Waals surface area contributed by atoms with E-state index in [9.17, 15) is 4.79 Å². The number of carbonyl (C=O) groups is 1. The number of pyridine rings is 1. The number of hydrogen-bond acceptors (Lipinski definition) is 4. The van der Waals surface area contributed by atoms with E-state index >= 15 is 0 Å². The molecule has 0 atom stereocenters. The zero-order valence-corrected chi connectivity index (χ0v) is 8.85. The van der Waals surface area contributed by atoms with Crippen LogP contribution in [0.25, 0.3) is 10.2 Å². The van der Waals surface area contributed by atoms with Crippen LogP contribution in [0.15, 0.2) is 18.2 Å². The van der Waals surface area contributed by atoms with Gasteiger partial charge < -0.3 is 4.74 Å². The van der Waals surface area contributed by atoms with E-state index in [4.69, 9.17) is 11.6 Å². The number of nitrogens with zero attached hydrogens (tertiary/aromatic N) is 1. The number of fused-ring (bicyclic) bond motifs is 1. The molecule has 3 nitrogen and oxygen atoms in total. The molecule has 0 spiro atoms. The van der Waals surface area contributed by atoms with Gasteiger partial charge in [0, 0.05) is 0 Å². The van der Waals surface area contributed by atoms with Crippen LogP contribution in [-0.4, -0.2) is 18.1 Å². The SMILES string of the molecule is COC(=O)c1cc2nc(Cl)ccc2s1. The third kappa shape index (κ3) is 1.58. The first-order chi connectivity index (χ1) is 6.70. The predicted octanol–water partition coefficient (Wildman–Crippen LogP) is 2.74. The highest BCUT2D eigenvalue weighted by molar-refractivity contribution is 7.20. The Kier molecular flexibility index (Phi) is 2.39. The predicted molar refractivity (Wildman–Crippen MR) is 56.0 cm³/mol. The molecule has 2 heterocycles. The standard InChI is InChI=1S/C9H6ClNO2S/c1-13-9(12)7-4-5-6(14-7)2-3-8(10)11-5/h2-4H,1H3. The van der Waals surface area contributed by atoms with E-state index in [2.05, 4.69) is 9.72 Å². The maximum atomic E-state index is 11.2. The van der Waals surface area contributed by atoms with E-state index in [1.165, 1.54) is 18.4 Å². The highest BCUT2D eigenvalue weighted by Crippen LogP contribution is 2.25. The van der Waals surface area contributed by atoms with Crippen molar-refractivity contribution in [1.82, 2.24) is 4.98 Å². The first-order valence-corrected chi connectivity index (χ1v) is 5.04. The van der Waals surface area contributed by atoms with Crippen molar-refractivity contribution in [1.29, 1.82) is 0 Å². The molecule has 72 valence electrons. The van der Waals surface area contributed by atoms with E-state index in [1.807, 2.05) is 6.07 Å². The Morgan fingerprint density at radius 1 is 1.57 bits per heavy atom. The molecule has 0 bridgehead atoms. The Morgan fingerprint density at radius 3 is 3.07 bits per heavy atom. The molecule has 14 heavy (non-hydrogen) atoms. The highest BCUT2D eigenvalue weighted by atomic mass is 35.5. The molecular weight excluding hydrogens is 222 g/mol. The van der Waals surface area contributed by atoms with Gasteiger partial charge >= 0.3 is 5.97 Å². The van der Waals surface area contributed by atoms with Crippen LogP contribution in [0.4, 0.5) is 0 Å². The summed E-state index contributed by atoms with van der Waals surface area (Å²) in [5.74, 6) is -0.343. The number of methoxy groups -OCH3 is 1. The van der Waals surface area contributed by atoms with Crippen molar-refractivity contribution in [2.75, 3.05) is 7.11 Å². The number of halogens is 1. The van der Waals surface area contributed by atoms with Gasteiger partial charge in [-0.1, -0.05) is 11.6 Å². The fraction of sp³-hybridized carbons (Fsp3) is 0.111. The monoisotopic (exact) mass is 227 g/mol. The Hall–Kier alpha value is -1.13. The summed E-state index contributed by atoms with van der Waals surface area (Å²) in [7, 11) is 1.35. The lowest BCUT2D eigenvalue weighted by atomic mass is 10.4. The highest BCUT2D eigenvalue weighted by Gasteiger charge is 2.10. The van der Waals surface area contributed by atoms with E-state index in [0.29, 0.717) is 10.0 Å². The number of esters is 1. The summed E-state index contributed by atoms with van der Waals surface area (Å²) in [5.41, 5.74) is 0.725. The van der Waals surface area contributed by atoms with Crippen LogP contribution in [-0.2, 0) is 4.74 Å². The summed E-state index contributed by atoms with van der Waals surface area (Å²) < 4.78 is 5.53. The van der Waals surface area contributed by atoms with Crippen LogP contribution < -0.4 is 0 Å². The average molecular weight is 228 g/mol. The van der Waals surface area contributed by atoms with Gasteiger partial charge in [-0.05, 0) is 18.2 Å². The fourth-order valence-corrected chi connectivity index (χ4v) is 2.17. The number of carbonyl (C=O) groups excluding carboxylic acids is 1. The largest absolute Gasteiger partial charge is 0.465 e. The molecule has 2 rings (SSSR count). The Bertz CT molecular complexity index is 495. The van der Waals surface area contributed by atoms with Crippen molar-refractivity contribution in [2.45, 2.75) is 0 Å². The molecule has 0 aromatic carbocycles. The van der Waals surface area contributed by atoms with Crippen molar-refractivity contribution >= 4 is 39.1 Å². The third-order valence-electron chi connectivity index (χ3n) is 1.73. The van der Waals surface area contributed by atoms with Crippen LogP contribution in [0.1, 0.15) is 9.67 Å². The average Bonchev–Trinajstić information content (AvgIpc) is 2.59. The molecule has 5 heteroatoms. The molecule has 0 saturated carbocycles. The number of ether oxygens (including phenoxy) is 1. The molecule has 0 saturated heterocycles. The molecule has 0 amide bonds. The van der Waals surface area contributed by atoms with Crippen LogP contribution in [0, 0.1) is 0 Å². The molecule has 0 radical (unpaired) electrons. The Balaban J connectivity index is 2.56. The van der Waals surface area contributed by atoms with Gasteiger partial charge in [0.05, 0.1) is 17.3 Å².